The van der Waals surface area contributed by atoms with Crippen LogP contribution in [0.4, 0.5) is 18.9 Å². The van der Waals surface area contributed by atoms with E-state index >= 15 is 0 Å². The van der Waals surface area contributed by atoms with E-state index in [-0.39, 0.29) is 22.6 Å². The van der Waals surface area contributed by atoms with Gasteiger partial charge in [0.1, 0.15) is 23.0 Å². The number of alkyl halides is 3. The molecule has 0 spiro atoms. The fourth-order valence-corrected chi connectivity index (χ4v) is 4.02. The Balaban J connectivity index is 1.92. The van der Waals surface area contributed by atoms with Crippen molar-refractivity contribution in [3.63, 3.8) is 0 Å². The summed E-state index contributed by atoms with van der Waals surface area (Å²) >= 11 is 0. The number of amides is 1. The van der Waals surface area contributed by atoms with Gasteiger partial charge in [-0.1, -0.05) is 30.3 Å². The Morgan fingerprint density at radius 2 is 1.58 bits per heavy atom. The van der Waals surface area contributed by atoms with Crippen molar-refractivity contribution in [2.45, 2.75) is 12.4 Å². The number of Topliss-reactive ketones (excluding diaryl/α,β-unsaturated/α-hetero) is 1. The molecule has 10 heteroatoms. The second-order valence-electron chi connectivity index (χ2n) is 7.69. The number of rotatable bonds is 6. The molecule has 0 radical (unpaired) electrons. The van der Waals surface area contributed by atoms with E-state index in [1.807, 2.05) is 0 Å². The van der Waals surface area contributed by atoms with E-state index in [2.05, 4.69) is 4.74 Å². The molecule has 1 N–H and O–H groups in total. The first-order valence-corrected chi connectivity index (χ1v) is 10.6. The summed E-state index contributed by atoms with van der Waals surface area (Å²) < 4.78 is 52.9. The Kier molecular flexibility index (Phi) is 6.61. The number of anilines is 1. The number of para-hydroxylation sites is 1. The minimum absolute atomic E-state index is 0.0289. The first kappa shape index (κ1) is 24.6. The average Bonchev–Trinajstić information content (AvgIpc) is 3.13. The maximum atomic E-state index is 13.2. The summed E-state index contributed by atoms with van der Waals surface area (Å²) in [4.78, 5) is 27.5. The van der Waals surface area contributed by atoms with Crippen molar-refractivity contribution in [3.8, 4) is 17.2 Å². The molecule has 0 aromatic heterocycles. The maximum absolute atomic E-state index is 13.2. The van der Waals surface area contributed by atoms with Crippen LogP contribution in [0.2, 0.25) is 0 Å². The van der Waals surface area contributed by atoms with Crippen LogP contribution in [0.15, 0.2) is 78.4 Å². The summed E-state index contributed by atoms with van der Waals surface area (Å²) in [6.45, 7) is 0. The average molecular weight is 499 g/mol. The summed E-state index contributed by atoms with van der Waals surface area (Å²) in [5.41, 5.74) is 0.301. The van der Waals surface area contributed by atoms with Gasteiger partial charge in [0.2, 0.25) is 0 Å². The van der Waals surface area contributed by atoms with Gasteiger partial charge in [0.15, 0.2) is 0 Å². The summed E-state index contributed by atoms with van der Waals surface area (Å²) in [5, 5.41) is 11.2. The Labute approximate surface area is 203 Å². The molecule has 36 heavy (non-hydrogen) atoms. The number of carbonyl (C=O) groups excluding carboxylic acids is 2. The van der Waals surface area contributed by atoms with Crippen LogP contribution in [0.1, 0.15) is 17.2 Å². The largest absolute Gasteiger partial charge is 0.573 e. The first-order chi connectivity index (χ1) is 17.1. The molecule has 1 aliphatic heterocycles. The molecule has 0 aliphatic carbocycles. The number of carbonyl (C=O) groups is 2. The second-order valence-corrected chi connectivity index (χ2v) is 7.69. The van der Waals surface area contributed by atoms with Gasteiger partial charge in [-0.05, 0) is 42.0 Å². The second kappa shape index (κ2) is 9.65. The molecule has 1 aliphatic rings. The van der Waals surface area contributed by atoms with Gasteiger partial charge in [-0.2, -0.15) is 0 Å². The van der Waals surface area contributed by atoms with Gasteiger partial charge in [-0.25, -0.2) is 0 Å². The summed E-state index contributed by atoms with van der Waals surface area (Å²) in [6, 6.07) is 16.3. The Morgan fingerprint density at radius 1 is 0.889 bits per heavy atom. The van der Waals surface area contributed by atoms with E-state index in [0.717, 1.165) is 17.0 Å². The molecule has 0 bridgehead atoms. The molecule has 0 saturated carbocycles. The van der Waals surface area contributed by atoms with Crippen molar-refractivity contribution < 1.29 is 42.1 Å². The third kappa shape index (κ3) is 4.70. The van der Waals surface area contributed by atoms with Crippen LogP contribution in [0.5, 0.6) is 17.2 Å². The van der Waals surface area contributed by atoms with E-state index in [9.17, 15) is 27.9 Å². The van der Waals surface area contributed by atoms with Crippen molar-refractivity contribution in [3.05, 3.63) is 89.5 Å². The number of halogens is 3. The van der Waals surface area contributed by atoms with Gasteiger partial charge in [-0.15, -0.1) is 13.2 Å². The molecule has 186 valence electrons. The summed E-state index contributed by atoms with van der Waals surface area (Å²) in [6.07, 6.45) is -4.95. The topological polar surface area (TPSA) is 85.3 Å². The number of ketones is 1. The minimum Gasteiger partial charge on any atom is -0.507 e. The lowest BCUT2D eigenvalue weighted by molar-refractivity contribution is -0.274. The molecule has 1 atom stereocenters. The van der Waals surface area contributed by atoms with Gasteiger partial charge in [-0.3, -0.25) is 14.5 Å². The van der Waals surface area contributed by atoms with Crippen LogP contribution in [-0.2, 0) is 9.59 Å². The highest BCUT2D eigenvalue weighted by molar-refractivity contribution is 6.51. The normalized spacial score (nSPS) is 17.2. The minimum atomic E-state index is -4.95. The fraction of sp³-hybridized carbons (Fsp3) is 0.154. The highest BCUT2D eigenvalue weighted by Gasteiger charge is 2.47. The van der Waals surface area contributed by atoms with E-state index < -0.39 is 35.6 Å². The number of nitrogens with zero attached hydrogens (tertiary/aromatic N) is 1. The summed E-state index contributed by atoms with van der Waals surface area (Å²) in [5.74, 6) is -2.34. The van der Waals surface area contributed by atoms with Crippen molar-refractivity contribution in [1.82, 2.24) is 0 Å². The van der Waals surface area contributed by atoms with Crippen LogP contribution < -0.4 is 19.1 Å². The Bertz CT molecular complexity index is 1330. The van der Waals surface area contributed by atoms with Gasteiger partial charge in [0.05, 0.1) is 31.4 Å². The first-order valence-electron chi connectivity index (χ1n) is 10.6. The maximum Gasteiger partial charge on any atom is 0.573 e. The number of hydrogen-bond donors (Lipinski definition) is 1. The highest BCUT2D eigenvalue weighted by Crippen LogP contribution is 2.44. The molecule has 3 aromatic carbocycles. The van der Waals surface area contributed by atoms with Crippen LogP contribution in [-0.4, -0.2) is 37.4 Å². The zero-order valence-corrected chi connectivity index (χ0v) is 19.1. The zero-order chi connectivity index (χ0) is 26.0. The molecule has 1 heterocycles. The number of aliphatic hydroxyl groups is 1. The number of aliphatic hydroxyl groups excluding tert-OH is 1. The van der Waals surface area contributed by atoms with Crippen molar-refractivity contribution >= 4 is 23.1 Å². The summed E-state index contributed by atoms with van der Waals surface area (Å²) in [7, 11) is 2.85. The zero-order valence-electron chi connectivity index (χ0n) is 19.1. The smallest absolute Gasteiger partial charge is 0.507 e. The van der Waals surface area contributed by atoms with Crippen LogP contribution in [0.3, 0.4) is 0 Å². The lowest BCUT2D eigenvalue weighted by Gasteiger charge is -2.26. The van der Waals surface area contributed by atoms with Crippen LogP contribution in [0, 0.1) is 0 Å². The number of ether oxygens (including phenoxy) is 3. The van der Waals surface area contributed by atoms with E-state index in [0.29, 0.717) is 11.3 Å². The highest BCUT2D eigenvalue weighted by atomic mass is 19.4. The molecule has 4 rings (SSSR count). The molecule has 1 unspecified atom stereocenters. The molecule has 3 aromatic rings. The van der Waals surface area contributed by atoms with E-state index in [1.165, 1.54) is 32.4 Å². The van der Waals surface area contributed by atoms with Crippen molar-refractivity contribution in [1.29, 1.82) is 0 Å². The molecule has 7 nitrogen and oxygen atoms in total. The fourth-order valence-electron chi connectivity index (χ4n) is 4.02. The third-order valence-electron chi connectivity index (χ3n) is 5.57. The van der Waals surface area contributed by atoms with E-state index in [4.69, 9.17) is 9.47 Å². The molecular formula is C26H20F3NO6. The number of benzene rings is 3. The van der Waals surface area contributed by atoms with Crippen molar-refractivity contribution in [2.24, 2.45) is 0 Å². The van der Waals surface area contributed by atoms with Gasteiger partial charge >= 0.3 is 6.36 Å². The monoisotopic (exact) mass is 499 g/mol. The third-order valence-corrected chi connectivity index (χ3v) is 5.57. The molecular weight excluding hydrogens is 479 g/mol. The van der Waals surface area contributed by atoms with Gasteiger partial charge < -0.3 is 19.3 Å². The Morgan fingerprint density at radius 3 is 2.22 bits per heavy atom. The predicted octanol–water partition coefficient (Wildman–Crippen LogP) is 5.23. The predicted molar refractivity (Wildman–Crippen MR) is 124 cm³/mol. The molecule has 1 fully saturated rings. The van der Waals surface area contributed by atoms with E-state index in [1.54, 1.807) is 42.5 Å². The molecule has 1 saturated heterocycles. The lowest BCUT2D eigenvalue weighted by atomic mass is 9.94. The molecule has 1 amide bonds. The van der Waals surface area contributed by atoms with Gasteiger partial charge in [0, 0.05) is 11.8 Å². The van der Waals surface area contributed by atoms with Crippen LogP contribution >= 0.6 is 0 Å². The lowest BCUT2D eigenvalue weighted by Crippen LogP contribution is -2.29. The van der Waals surface area contributed by atoms with Crippen LogP contribution in [0.25, 0.3) is 5.76 Å². The quantitative estimate of drug-likeness (QED) is 0.284. The number of methoxy groups -OCH3 is 2. The van der Waals surface area contributed by atoms with Gasteiger partial charge in [0.25, 0.3) is 11.7 Å². The Hall–Kier alpha value is -4.47. The number of hydrogen-bond acceptors (Lipinski definition) is 6. The standard InChI is InChI=1S/C26H20F3NO6/c1-34-17-12-10-15(11-13-17)22-21(23(31)19-8-3-4-9-20(19)35-2)24(32)25(33)30(22)16-6-5-7-18(14-16)36-26(27,28)29/h3-14,22,31H,1-2H3/b23-21+. The van der Waals surface area contributed by atoms with Crippen molar-refractivity contribution in [2.75, 3.05) is 19.1 Å². The SMILES string of the molecule is COc1ccc(C2/C(=C(\O)c3ccccc3OC)C(=O)C(=O)N2c2cccc(OC(F)(F)F)c2)cc1.